The van der Waals surface area contributed by atoms with Gasteiger partial charge in [-0.25, -0.2) is 4.99 Å². The first kappa shape index (κ1) is 28.3. The van der Waals surface area contributed by atoms with E-state index in [9.17, 15) is 0 Å². The van der Waals surface area contributed by atoms with Gasteiger partial charge >= 0.3 is 0 Å². The molecule has 6 aromatic carbocycles. The molecule has 4 nitrogen and oxygen atoms in total. The molecule has 1 aromatic heterocycles. The fourth-order valence-corrected chi connectivity index (χ4v) is 8.84. The Labute approximate surface area is 288 Å². The summed E-state index contributed by atoms with van der Waals surface area (Å²) in [5.41, 5.74) is 6.79. The normalized spacial score (nSPS) is 18.5. The van der Waals surface area contributed by atoms with E-state index in [-0.39, 0.29) is 6.23 Å². The summed E-state index contributed by atoms with van der Waals surface area (Å²) in [5, 5.41) is 7.27. The summed E-state index contributed by atoms with van der Waals surface area (Å²) in [5.74, 6) is 2.64. The number of amidine groups is 1. The van der Waals surface area contributed by atoms with Crippen LogP contribution in [-0.4, -0.2) is 28.6 Å². The molecule has 0 spiro atoms. The van der Waals surface area contributed by atoms with Crippen LogP contribution in [0.5, 0.6) is 5.75 Å². The predicted molar refractivity (Wildman–Crippen MR) is 206 cm³/mol. The lowest BCUT2D eigenvalue weighted by molar-refractivity contribution is 0.161. The van der Waals surface area contributed by atoms with Crippen LogP contribution in [0.25, 0.3) is 54.7 Å². The van der Waals surface area contributed by atoms with Crippen LogP contribution >= 0.6 is 11.8 Å². The molecule has 1 atom stereocenters. The summed E-state index contributed by atoms with van der Waals surface area (Å²) < 4.78 is 9.21. The van der Waals surface area contributed by atoms with Gasteiger partial charge in [0.1, 0.15) is 17.4 Å². The van der Waals surface area contributed by atoms with Crippen molar-refractivity contribution in [2.24, 2.45) is 4.99 Å². The second-order valence-electron chi connectivity index (χ2n) is 12.8. The van der Waals surface area contributed by atoms with E-state index in [0.717, 1.165) is 56.5 Å². The monoisotopic (exact) mass is 649 g/mol. The lowest BCUT2D eigenvalue weighted by atomic mass is 9.97. The second kappa shape index (κ2) is 10.9. The van der Waals surface area contributed by atoms with Gasteiger partial charge in [0.25, 0.3) is 0 Å². The molecule has 0 bridgehead atoms. The van der Waals surface area contributed by atoms with Crippen molar-refractivity contribution in [1.29, 1.82) is 0 Å². The number of hydrogen-bond donors (Lipinski definition) is 0. The molecule has 7 aromatic rings. The van der Waals surface area contributed by atoms with E-state index in [4.69, 9.17) is 9.73 Å². The van der Waals surface area contributed by atoms with E-state index in [1.165, 1.54) is 42.8 Å². The van der Waals surface area contributed by atoms with Crippen molar-refractivity contribution in [3.63, 3.8) is 0 Å². The molecule has 0 saturated carbocycles. The van der Waals surface area contributed by atoms with Gasteiger partial charge in [-0.1, -0.05) is 134 Å². The van der Waals surface area contributed by atoms with Crippen LogP contribution in [-0.2, 0) is 6.42 Å². The highest BCUT2D eigenvalue weighted by molar-refractivity contribution is 8.03. The molecule has 4 heterocycles. The van der Waals surface area contributed by atoms with Crippen molar-refractivity contribution in [2.75, 3.05) is 7.05 Å². The number of benzene rings is 6. The van der Waals surface area contributed by atoms with Crippen LogP contribution in [0.15, 0.2) is 161 Å². The van der Waals surface area contributed by atoms with E-state index < -0.39 is 0 Å². The average molecular weight is 650 g/mol. The van der Waals surface area contributed by atoms with Crippen LogP contribution < -0.4 is 4.74 Å². The highest BCUT2D eigenvalue weighted by atomic mass is 32.2. The van der Waals surface area contributed by atoms with Gasteiger partial charge in [0.2, 0.25) is 6.23 Å². The van der Waals surface area contributed by atoms with Crippen molar-refractivity contribution in [2.45, 2.75) is 17.5 Å². The van der Waals surface area contributed by atoms with Crippen LogP contribution in [0, 0.1) is 0 Å². The number of para-hydroxylation sites is 2. The number of fused-ring (bicyclic) bond motifs is 12. The molecule has 0 radical (unpaired) electrons. The summed E-state index contributed by atoms with van der Waals surface area (Å²) in [6.07, 6.45) is 9.08. The Kier molecular flexibility index (Phi) is 6.27. The van der Waals surface area contributed by atoms with E-state index in [1.807, 2.05) is 6.07 Å². The van der Waals surface area contributed by atoms with E-state index in [0.29, 0.717) is 0 Å². The van der Waals surface area contributed by atoms with Gasteiger partial charge in [0.05, 0.1) is 16.6 Å². The van der Waals surface area contributed by atoms with Gasteiger partial charge in [0.15, 0.2) is 0 Å². The first-order chi connectivity index (χ1) is 24.2. The molecule has 0 fully saturated rings. The summed E-state index contributed by atoms with van der Waals surface area (Å²) in [7, 11) is 2.09. The fraction of sp³-hybridized carbons (Fsp3) is 0.0682. The van der Waals surface area contributed by atoms with Crippen molar-refractivity contribution < 1.29 is 4.74 Å². The SMILES string of the molecule is C=C1/C=C\C=C/Cc2c(c3c4ccccc4n(C4=C5c6ccccc6OC5N(C)C(c5ccc6ccccc6c5)=N4)c3c3ccccc23)S1. The highest BCUT2D eigenvalue weighted by Gasteiger charge is 2.40. The minimum atomic E-state index is -0.342. The van der Waals surface area contributed by atoms with Crippen LogP contribution in [0.3, 0.4) is 0 Å². The minimum absolute atomic E-state index is 0.342. The fourth-order valence-electron chi connectivity index (χ4n) is 7.80. The molecule has 5 heteroatoms. The molecule has 0 amide bonds. The standard InChI is InChI=1S/C44H31N3OS/c1-27-14-4-3-5-19-33-31-17-8-9-18-32(31)40-38(41(33)49-27)34-20-10-12-22-36(34)47(40)43-39-35-21-11-13-23-37(35)48-44(39)46(2)42(45-43)30-25-24-28-15-6-7-16-29(28)26-30/h3-18,20-26,44H,1,19H2,2H3/b5-3-,14-4-. The number of rotatable bonds is 2. The molecule has 234 valence electrons. The molecule has 3 aliphatic rings. The Hall–Kier alpha value is -5.78. The smallest absolute Gasteiger partial charge is 0.204 e. The molecule has 1 unspecified atom stereocenters. The third-order valence-electron chi connectivity index (χ3n) is 9.99. The Balaban J connectivity index is 1.36. The van der Waals surface area contributed by atoms with Crippen molar-refractivity contribution in [1.82, 2.24) is 9.47 Å². The van der Waals surface area contributed by atoms with Crippen molar-refractivity contribution in [3.05, 3.63) is 168 Å². The lowest BCUT2D eigenvalue weighted by Crippen LogP contribution is -2.42. The number of aliphatic imine (C=N–C) groups is 1. The van der Waals surface area contributed by atoms with Crippen LogP contribution in [0.4, 0.5) is 0 Å². The summed E-state index contributed by atoms with van der Waals surface area (Å²) in [4.78, 5) is 10.1. The number of hydrogen-bond acceptors (Lipinski definition) is 4. The second-order valence-corrected chi connectivity index (χ2v) is 13.9. The first-order valence-corrected chi connectivity index (χ1v) is 17.5. The summed E-state index contributed by atoms with van der Waals surface area (Å²) >= 11 is 1.77. The molecular formula is C44H31N3OS. The van der Waals surface area contributed by atoms with Gasteiger partial charge < -0.3 is 9.64 Å². The number of allylic oxidation sites excluding steroid dienone is 4. The number of ether oxygens (including phenoxy) is 1. The highest BCUT2D eigenvalue weighted by Crippen LogP contribution is 2.50. The first-order valence-electron chi connectivity index (χ1n) is 16.6. The van der Waals surface area contributed by atoms with Crippen LogP contribution in [0.1, 0.15) is 16.7 Å². The topological polar surface area (TPSA) is 29.8 Å². The number of nitrogens with zero attached hydrogens (tertiary/aromatic N) is 3. The van der Waals surface area contributed by atoms with Gasteiger partial charge in [-0.2, -0.15) is 0 Å². The molecule has 0 saturated heterocycles. The quantitative estimate of drug-likeness (QED) is 0.187. The van der Waals surface area contributed by atoms with E-state index in [2.05, 4.69) is 157 Å². The number of likely N-dealkylation sites (N-methyl/N-ethyl adjacent to an activating group) is 1. The Bertz CT molecular complexity index is 2690. The van der Waals surface area contributed by atoms with E-state index >= 15 is 0 Å². The van der Waals surface area contributed by atoms with Gasteiger partial charge in [-0.3, -0.25) is 4.57 Å². The maximum Gasteiger partial charge on any atom is 0.204 e. The maximum absolute atomic E-state index is 6.79. The van der Waals surface area contributed by atoms with Gasteiger partial charge in [-0.05, 0) is 52.4 Å². The van der Waals surface area contributed by atoms with Gasteiger partial charge in [0, 0.05) is 44.1 Å². The Morgan fingerprint density at radius 3 is 2.45 bits per heavy atom. The van der Waals surface area contributed by atoms with E-state index in [1.54, 1.807) is 11.8 Å². The minimum Gasteiger partial charge on any atom is -0.465 e. The zero-order valence-electron chi connectivity index (χ0n) is 26.9. The van der Waals surface area contributed by atoms with Gasteiger partial charge in [-0.15, -0.1) is 0 Å². The van der Waals surface area contributed by atoms with Crippen LogP contribution in [0.2, 0.25) is 0 Å². The Morgan fingerprint density at radius 2 is 1.55 bits per heavy atom. The molecular weight excluding hydrogens is 619 g/mol. The molecule has 0 N–H and O–H groups in total. The lowest BCUT2D eigenvalue weighted by Gasteiger charge is -2.33. The largest absolute Gasteiger partial charge is 0.465 e. The number of thioether (sulfide) groups is 1. The maximum atomic E-state index is 6.79. The van der Waals surface area contributed by atoms with Crippen molar-refractivity contribution >= 4 is 72.3 Å². The zero-order chi connectivity index (χ0) is 32.6. The summed E-state index contributed by atoms with van der Waals surface area (Å²) in [6.45, 7) is 4.44. The average Bonchev–Trinajstić information content (AvgIpc) is 3.72. The molecule has 3 aliphatic heterocycles. The zero-order valence-corrected chi connectivity index (χ0v) is 27.7. The Morgan fingerprint density at radius 1 is 0.796 bits per heavy atom. The third-order valence-corrected chi connectivity index (χ3v) is 11.0. The number of aromatic nitrogens is 1. The summed E-state index contributed by atoms with van der Waals surface area (Å²) in [6, 6.07) is 41.1. The molecule has 10 rings (SSSR count). The predicted octanol–water partition coefficient (Wildman–Crippen LogP) is 10.8. The molecule has 0 aliphatic carbocycles. The third kappa shape index (κ3) is 4.22. The van der Waals surface area contributed by atoms with Crippen molar-refractivity contribution in [3.8, 4) is 5.75 Å². The molecule has 49 heavy (non-hydrogen) atoms.